The molecule has 2 N–H and O–H groups in total. The normalized spacial score (nSPS) is 13.4. The standard InChI is InChI=1S/C16H16BrNO3/c1-21-11-16(15(19)20,12-5-3-2-4-6-12)18-14-9-7-13(17)8-10-14/h2-10,18H,11H2,1H3,(H,19,20). The summed E-state index contributed by atoms with van der Waals surface area (Å²) in [6.45, 7) is 0.0163. The van der Waals surface area contributed by atoms with Crippen molar-refractivity contribution in [3.8, 4) is 0 Å². The van der Waals surface area contributed by atoms with Crippen LogP contribution < -0.4 is 5.32 Å². The molecule has 0 radical (unpaired) electrons. The molecule has 0 bridgehead atoms. The monoisotopic (exact) mass is 349 g/mol. The molecule has 2 aromatic rings. The molecule has 0 spiro atoms. The summed E-state index contributed by atoms with van der Waals surface area (Å²) in [7, 11) is 1.49. The molecule has 0 aliphatic rings. The van der Waals surface area contributed by atoms with E-state index in [1.54, 1.807) is 12.1 Å². The zero-order valence-electron chi connectivity index (χ0n) is 11.5. The maximum atomic E-state index is 11.9. The van der Waals surface area contributed by atoms with Crippen LogP contribution in [0.25, 0.3) is 0 Å². The van der Waals surface area contributed by atoms with E-state index in [2.05, 4.69) is 21.2 Å². The van der Waals surface area contributed by atoms with Gasteiger partial charge in [-0.05, 0) is 29.8 Å². The lowest BCUT2D eigenvalue weighted by atomic mass is 9.90. The molecule has 0 saturated heterocycles. The second-order valence-corrected chi connectivity index (χ2v) is 5.56. The Morgan fingerprint density at radius 2 is 1.81 bits per heavy atom. The smallest absolute Gasteiger partial charge is 0.336 e. The summed E-state index contributed by atoms with van der Waals surface area (Å²) in [4.78, 5) is 11.9. The minimum atomic E-state index is -1.33. The van der Waals surface area contributed by atoms with Crippen molar-refractivity contribution < 1.29 is 14.6 Å². The number of hydrogen-bond acceptors (Lipinski definition) is 3. The average Bonchev–Trinajstić information content (AvgIpc) is 2.49. The lowest BCUT2D eigenvalue weighted by Gasteiger charge is -2.31. The molecule has 1 atom stereocenters. The Hall–Kier alpha value is -1.85. The van der Waals surface area contributed by atoms with E-state index in [-0.39, 0.29) is 6.61 Å². The highest BCUT2D eigenvalue weighted by Gasteiger charge is 2.40. The summed E-state index contributed by atoms with van der Waals surface area (Å²) in [5, 5.41) is 12.9. The molecule has 0 saturated carbocycles. The Labute approximate surface area is 131 Å². The van der Waals surface area contributed by atoms with Gasteiger partial charge in [0.05, 0.1) is 6.61 Å². The molecule has 0 fully saturated rings. The van der Waals surface area contributed by atoms with E-state index in [4.69, 9.17) is 4.74 Å². The van der Waals surface area contributed by atoms with Gasteiger partial charge in [-0.15, -0.1) is 0 Å². The number of carboxylic acids is 1. The van der Waals surface area contributed by atoms with Gasteiger partial charge in [0.1, 0.15) is 0 Å². The highest BCUT2D eigenvalue weighted by Crippen LogP contribution is 2.28. The van der Waals surface area contributed by atoms with Gasteiger partial charge in [0.2, 0.25) is 0 Å². The predicted octanol–water partition coefficient (Wildman–Crippen LogP) is 3.49. The van der Waals surface area contributed by atoms with Gasteiger partial charge in [0, 0.05) is 17.3 Å². The molecule has 2 aromatic carbocycles. The SMILES string of the molecule is COCC(Nc1ccc(Br)cc1)(C(=O)O)c1ccccc1. The van der Waals surface area contributed by atoms with E-state index in [0.29, 0.717) is 11.3 Å². The number of nitrogens with one attached hydrogen (secondary N) is 1. The van der Waals surface area contributed by atoms with Crippen LogP contribution in [0.15, 0.2) is 59.1 Å². The highest BCUT2D eigenvalue weighted by atomic mass is 79.9. The molecule has 2 rings (SSSR count). The number of carboxylic acid groups (broad SMARTS) is 1. The fraction of sp³-hybridized carbons (Fsp3) is 0.188. The van der Waals surface area contributed by atoms with Crippen molar-refractivity contribution in [1.29, 1.82) is 0 Å². The molecular weight excluding hydrogens is 334 g/mol. The van der Waals surface area contributed by atoms with Crippen molar-refractivity contribution >= 4 is 27.6 Å². The summed E-state index contributed by atoms with van der Waals surface area (Å²) in [5.41, 5.74) is 0.0212. The number of benzene rings is 2. The molecule has 5 heteroatoms. The maximum Gasteiger partial charge on any atom is 0.336 e. The van der Waals surface area contributed by atoms with Gasteiger partial charge < -0.3 is 15.2 Å². The zero-order valence-corrected chi connectivity index (χ0v) is 13.1. The first kappa shape index (κ1) is 15.5. The second kappa shape index (κ2) is 6.74. The van der Waals surface area contributed by atoms with E-state index in [1.807, 2.05) is 42.5 Å². The van der Waals surface area contributed by atoms with Gasteiger partial charge in [-0.1, -0.05) is 46.3 Å². The van der Waals surface area contributed by atoms with Crippen molar-refractivity contribution in [2.24, 2.45) is 0 Å². The van der Waals surface area contributed by atoms with E-state index in [0.717, 1.165) is 4.47 Å². The molecular formula is C16H16BrNO3. The summed E-state index contributed by atoms with van der Waals surface area (Å²) < 4.78 is 6.10. The van der Waals surface area contributed by atoms with Crippen molar-refractivity contribution in [1.82, 2.24) is 0 Å². The third-order valence-corrected chi connectivity index (χ3v) is 3.72. The first-order chi connectivity index (χ1) is 10.1. The minimum absolute atomic E-state index is 0.0163. The summed E-state index contributed by atoms with van der Waals surface area (Å²) >= 11 is 3.36. The lowest BCUT2D eigenvalue weighted by Crippen LogP contribution is -2.47. The largest absolute Gasteiger partial charge is 0.479 e. The first-order valence-electron chi connectivity index (χ1n) is 6.40. The topological polar surface area (TPSA) is 58.6 Å². The van der Waals surface area contributed by atoms with Crippen LogP contribution in [0.3, 0.4) is 0 Å². The van der Waals surface area contributed by atoms with Crippen LogP contribution in [0.1, 0.15) is 5.56 Å². The molecule has 1 unspecified atom stereocenters. The Bertz CT molecular complexity index is 601. The number of hydrogen-bond donors (Lipinski definition) is 2. The summed E-state index contributed by atoms with van der Waals surface area (Å²) in [5.74, 6) is -0.988. The molecule has 110 valence electrons. The quantitative estimate of drug-likeness (QED) is 0.837. The molecule has 0 aliphatic heterocycles. The number of carbonyl (C=O) groups is 1. The van der Waals surface area contributed by atoms with Gasteiger partial charge in [-0.25, -0.2) is 4.79 Å². The number of anilines is 1. The van der Waals surface area contributed by atoms with Gasteiger partial charge in [0.25, 0.3) is 0 Å². The second-order valence-electron chi connectivity index (χ2n) is 4.64. The molecule has 0 heterocycles. The Kier molecular flexibility index (Phi) is 4.98. The average molecular weight is 350 g/mol. The van der Waals surface area contributed by atoms with Crippen molar-refractivity contribution in [3.63, 3.8) is 0 Å². The van der Waals surface area contributed by atoms with Crippen LogP contribution in [0.4, 0.5) is 5.69 Å². The van der Waals surface area contributed by atoms with Gasteiger partial charge >= 0.3 is 5.97 Å². The molecule has 0 amide bonds. The molecule has 0 aromatic heterocycles. The van der Waals surface area contributed by atoms with Gasteiger partial charge in [-0.3, -0.25) is 0 Å². The van der Waals surface area contributed by atoms with E-state index in [9.17, 15) is 9.90 Å². The van der Waals surface area contributed by atoms with Crippen LogP contribution in [-0.2, 0) is 15.1 Å². The molecule has 21 heavy (non-hydrogen) atoms. The highest BCUT2D eigenvalue weighted by molar-refractivity contribution is 9.10. The number of halogens is 1. The van der Waals surface area contributed by atoms with Crippen molar-refractivity contribution in [2.45, 2.75) is 5.54 Å². The van der Waals surface area contributed by atoms with Crippen molar-refractivity contribution in [3.05, 3.63) is 64.6 Å². The number of rotatable bonds is 6. The Morgan fingerprint density at radius 3 is 2.33 bits per heavy atom. The number of ether oxygens (including phenoxy) is 1. The maximum absolute atomic E-state index is 11.9. The zero-order chi connectivity index (χ0) is 15.3. The lowest BCUT2D eigenvalue weighted by molar-refractivity contribution is -0.144. The van der Waals surface area contributed by atoms with Crippen LogP contribution in [0, 0.1) is 0 Å². The summed E-state index contributed by atoms with van der Waals surface area (Å²) in [6, 6.07) is 16.4. The predicted molar refractivity (Wildman–Crippen MR) is 85.4 cm³/mol. The van der Waals surface area contributed by atoms with E-state index >= 15 is 0 Å². The molecule has 0 aliphatic carbocycles. The minimum Gasteiger partial charge on any atom is -0.479 e. The van der Waals surface area contributed by atoms with E-state index < -0.39 is 11.5 Å². The summed E-state index contributed by atoms with van der Waals surface area (Å²) in [6.07, 6.45) is 0. The van der Waals surface area contributed by atoms with Gasteiger partial charge in [-0.2, -0.15) is 0 Å². The first-order valence-corrected chi connectivity index (χ1v) is 7.19. The van der Waals surface area contributed by atoms with Crippen LogP contribution in [0.2, 0.25) is 0 Å². The fourth-order valence-electron chi connectivity index (χ4n) is 2.15. The third-order valence-electron chi connectivity index (χ3n) is 3.19. The Balaban J connectivity index is 2.44. The number of aliphatic carboxylic acids is 1. The Morgan fingerprint density at radius 1 is 1.19 bits per heavy atom. The van der Waals surface area contributed by atoms with E-state index in [1.165, 1.54) is 7.11 Å². The fourth-order valence-corrected chi connectivity index (χ4v) is 2.41. The molecule has 4 nitrogen and oxygen atoms in total. The van der Waals surface area contributed by atoms with Crippen LogP contribution in [-0.4, -0.2) is 24.8 Å². The van der Waals surface area contributed by atoms with Crippen molar-refractivity contribution in [2.75, 3.05) is 19.0 Å². The van der Waals surface area contributed by atoms with Gasteiger partial charge in [0.15, 0.2) is 5.54 Å². The van der Waals surface area contributed by atoms with Crippen LogP contribution in [0.5, 0.6) is 0 Å². The van der Waals surface area contributed by atoms with Crippen LogP contribution >= 0.6 is 15.9 Å². The number of methoxy groups -OCH3 is 1. The third kappa shape index (κ3) is 3.43.